The molecule has 3 atom stereocenters. The van der Waals surface area contributed by atoms with Crippen molar-refractivity contribution in [2.24, 2.45) is 0 Å². The molecule has 3 rings (SSSR count). The van der Waals surface area contributed by atoms with Gasteiger partial charge in [-0.1, -0.05) is 60.7 Å². The van der Waals surface area contributed by atoms with Crippen molar-refractivity contribution in [3.05, 3.63) is 71.8 Å². The summed E-state index contributed by atoms with van der Waals surface area (Å²) in [5.74, 6) is 0. The molecule has 2 heteroatoms. The van der Waals surface area contributed by atoms with E-state index >= 15 is 0 Å². The van der Waals surface area contributed by atoms with E-state index in [2.05, 4.69) is 67.6 Å². The van der Waals surface area contributed by atoms with Gasteiger partial charge in [-0.25, -0.2) is 0 Å². The predicted octanol–water partition coefficient (Wildman–Crippen LogP) is 5.38. The molecule has 100 valence electrons. The fourth-order valence-corrected chi connectivity index (χ4v) is 7.72. The third-order valence-electron chi connectivity index (χ3n) is 4.79. The van der Waals surface area contributed by atoms with Crippen molar-refractivity contribution >= 4 is 14.7 Å². The fourth-order valence-electron chi connectivity index (χ4n) is 3.69. The fraction of sp³-hybridized carbons (Fsp3) is 0.333. The first-order valence-corrected chi connectivity index (χ1v) is 9.69. The van der Waals surface area contributed by atoms with Gasteiger partial charge in [0, 0.05) is 6.16 Å². The van der Waals surface area contributed by atoms with E-state index < -0.39 is 7.14 Å². The Morgan fingerprint density at radius 1 is 0.850 bits per heavy atom. The van der Waals surface area contributed by atoms with Gasteiger partial charge in [-0.05, 0) is 38.0 Å². The van der Waals surface area contributed by atoms with Gasteiger partial charge in [0.15, 0.2) is 0 Å². The summed E-state index contributed by atoms with van der Waals surface area (Å²) in [4.78, 5) is 0. The first-order valence-electron chi connectivity index (χ1n) is 7.51. The van der Waals surface area contributed by atoms with Gasteiger partial charge < -0.3 is 0 Å². The largest absolute Gasteiger partial charge is 0.366 e. The first kappa shape index (κ1) is 13.9. The lowest BCUT2D eigenvalue weighted by atomic mass is 10.0. The molecular formula is C18H21BP+. The number of hydrogen-bond donors (Lipinski definition) is 0. The van der Waals surface area contributed by atoms with Crippen molar-refractivity contribution in [1.29, 1.82) is 0 Å². The summed E-state index contributed by atoms with van der Waals surface area (Å²) < 4.78 is 0. The molecule has 0 amide bonds. The van der Waals surface area contributed by atoms with E-state index in [1.54, 1.807) is 0 Å². The molecule has 0 aromatic heterocycles. The molecule has 0 aliphatic carbocycles. The molecule has 1 fully saturated rings. The molecule has 0 saturated carbocycles. The zero-order chi connectivity index (χ0) is 14.0. The Balaban J connectivity index is 1.97. The normalized spacial score (nSPS) is 29.4. The van der Waals surface area contributed by atoms with Gasteiger partial charge in [0.05, 0.1) is 11.3 Å². The van der Waals surface area contributed by atoms with E-state index in [1.807, 2.05) is 0 Å². The third kappa shape index (κ3) is 2.33. The van der Waals surface area contributed by atoms with Crippen LogP contribution in [0.5, 0.6) is 0 Å². The molecule has 2 aromatic rings. The van der Waals surface area contributed by atoms with Crippen LogP contribution in [0.1, 0.15) is 42.2 Å². The van der Waals surface area contributed by atoms with Crippen LogP contribution in [-0.2, 0) is 0 Å². The summed E-state index contributed by atoms with van der Waals surface area (Å²) in [5, 5.41) is 0. The topological polar surface area (TPSA) is 0 Å². The molecule has 0 spiro atoms. The van der Waals surface area contributed by atoms with Crippen molar-refractivity contribution in [3.8, 4) is 0 Å². The second kappa shape index (κ2) is 5.74. The summed E-state index contributed by atoms with van der Waals surface area (Å²) >= 11 is 0. The van der Waals surface area contributed by atoms with Crippen LogP contribution >= 0.6 is 7.14 Å². The second-order valence-electron chi connectivity index (χ2n) is 5.74. The van der Waals surface area contributed by atoms with Crippen LogP contribution in [0.4, 0.5) is 0 Å². The minimum Gasteiger partial charge on any atom is -0.0622 e. The minimum atomic E-state index is -1.47. The highest BCUT2D eigenvalue weighted by molar-refractivity contribution is 7.98. The average Bonchev–Trinajstić information content (AvgIpc) is 2.87. The van der Waals surface area contributed by atoms with Gasteiger partial charge in [0.25, 0.3) is 0 Å². The first-order chi connectivity index (χ1) is 9.75. The van der Waals surface area contributed by atoms with Crippen LogP contribution in [0.15, 0.2) is 60.7 Å². The van der Waals surface area contributed by atoms with Crippen molar-refractivity contribution in [3.63, 3.8) is 0 Å². The van der Waals surface area contributed by atoms with Crippen LogP contribution in [-0.4, -0.2) is 13.7 Å². The summed E-state index contributed by atoms with van der Waals surface area (Å²) in [6.07, 6.45) is 3.61. The van der Waals surface area contributed by atoms with Gasteiger partial charge >= 0.3 is 7.57 Å². The van der Waals surface area contributed by atoms with E-state index in [-0.39, 0.29) is 0 Å². The van der Waals surface area contributed by atoms with Gasteiger partial charge in [0.1, 0.15) is 0 Å². The van der Waals surface area contributed by atoms with Crippen LogP contribution in [0.25, 0.3) is 0 Å². The summed E-state index contributed by atoms with van der Waals surface area (Å²) in [6.45, 7) is 2.28. The monoisotopic (exact) mass is 279 g/mol. The van der Waals surface area contributed by atoms with Crippen molar-refractivity contribution in [1.82, 2.24) is 0 Å². The van der Waals surface area contributed by atoms with Crippen molar-refractivity contribution in [2.45, 2.75) is 31.1 Å². The molecule has 20 heavy (non-hydrogen) atoms. The molecule has 2 unspecified atom stereocenters. The Kier molecular flexibility index (Phi) is 3.99. The predicted molar refractivity (Wildman–Crippen MR) is 90.8 cm³/mol. The number of hydrogen-bond acceptors (Lipinski definition) is 0. The maximum atomic E-state index is 7.02. The van der Waals surface area contributed by atoms with E-state index in [4.69, 9.17) is 7.57 Å². The Morgan fingerprint density at radius 3 is 1.60 bits per heavy atom. The zero-order valence-corrected chi connectivity index (χ0v) is 13.0. The van der Waals surface area contributed by atoms with E-state index in [0.29, 0.717) is 11.3 Å². The Bertz CT molecular complexity index is 505. The zero-order valence-electron chi connectivity index (χ0n) is 12.1. The SMILES string of the molecule is [B][P+]1(CC)C(c2ccccc2)CC[C@@H]1c1ccccc1. The van der Waals surface area contributed by atoms with Crippen LogP contribution in [0, 0.1) is 0 Å². The molecule has 1 aliphatic rings. The third-order valence-corrected chi connectivity index (χ3v) is 9.32. The Labute approximate surface area is 124 Å². The van der Waals surface area contributed by atoms with Gasteiger partial charge in [-0.15, -0.1) is 0 Å². The molecule has 2 aromatic carbocycles. The molecule has 1 heterocycles. The molecular weight excluding hydrogens is 258 g/mol. The minimum absolute atomic E-state index is 0.582. The highest BCUT2D eigenvalue weighted by Crippen LogP contribution is 2.81. The summed E-state index contributed by atoms with van der Waals surface area (Å²) in [6, 6.07) is 21.8. The maximum absolute atomic E-state index is 7.02. The molecule has 1 saturated heterocycles. The van der Waals surface area contributed by atoms with Crippen LogP contribution < -0.4 is 0 Å². The highest BCUT2D eigenvalue weighted by Gasteiger charge is 2.52. The highest BCUT2D eigenvalue weighted by atomic mass is 31.2. The Hall–Kier alpha value is -1.07. The number of rotatable bonds is 3. The quantitative estimate of drug-likeness (QED) is 0.522. The number of benzene rings is 2. The molecule has 0 N–H and O–H groups in total. The van der Waals surface area contributed by atoms with Crippen molar-refractivity contribution in [2.75, 3.05) is 6.16 Å². The van der Waals surface area contributed by atoms with Crippen LogP contribution in [0.2, 0.25) is 0 Å². The van der Waals surface area contributed by atoms with Gasteiger partial charge in [-0.3, -0.25) is 0 Å². The standard InChI is InChI=1S/C18H21BP/c1-2-20(19)17(15-9-5-3-6-10-15)13-14-18(20)16-11-7-4-8-12-16/h3-12,17-18H,2,13-14H2,1H3/q+1/t17-,18?,20?/m1/s1. The summed E-state index contributed by atoms with van der Waals surface area (Å²) in [5.41, 5.74) is 4.06. The molecule has 0 bridgehead atoms. The smallest absolute Gasteiger partial charge is 0.0622 e. The lowest BCUT2D eigenvalue weighted by molar-refractivity contribution is 0.765. The molecule has 2 radical (unpaired) electrons. The van der Waals surface area contributed by atoms with Gasteiger partial charge in [0.2, 0.25) is 0 Å². The van der Waals surface area contributed by atoms with Crippen molar-refractivity contribution < 1.29 is 0 Å². The second-order valence-corrected chi connectivity index (χ2v) is 9.61. The molecule has 1 aliphatic heterocycles. The van der Waals surface area contributed by atoms with E-state index in [9.17, 15) is 0 Å². The van der Waals surface area contributed by atoms with Crippen LogP contribution in [0.3, 0.4) is 0 Å². The Morgan fingerprint density at radius 2 is 1.25 bits per heavy atom. The lowest BCUT2D eigenvalue weighted by Crippen LogP contribution is -2.08. The van der Waals surface area contributed by atoms with E-state index in [1.165, 1.54) is 24.0 Å². The lowest BCUT2D eigenvalue weighted by Gasteiger charge is -2.30. The maximum Gasteiger partial charge on any atom is 0.366 e. The van der Waals surface area contributed by atoms with Gasteiger partial charge in [-0.2, -0.15) is 0 Å². The van der Waals surface area contributed by atoms with E-state index in [0.717, 1.165) is 6.16 Å². The molecule has 0 nitrogen and oxygen atoms in total. The average molecular weight is 279 g/mol. The summed E-state index contributed by atoms with van der Waals surface area (Å²) in [7, 11) is 5.56.